The lowest BCUT2D eigenvalue weighted by Crippen LogP contribution is -2.50. The summed E-state index contributed by atoms with van der Waals surface area (Å²) in [7, 11) is -2.36. The summed E-state index contributed by atoms with van der Waals surface area (Å²) >= 11 is 0. The summed E-state index contributed by atoms with van der Waals surface area (Å²) in [6, 6.07) is 18.3. The van der Waals surface area contributed by atoms with Crippen LogP contribution in [0.25, 0.3) is 0 Å². The van der Waals surface area contributed by atoms with Gasteiger partial charge >= 0.3 is 6.03 Å². The van der Waals surface area contributed by atoms with Crippen molar-refractivity contribution in [1.82, 2.24) is 9.21 Å². The van der Waals surface area contributed by atoms with Crippen LogP contribution in [0.15, 0.2) is 71.6 Å². The molecule has 2 N–H and O–H groups in total. The minimum Gasteiger partial charge on any atom is -0.487 e. The molecule has 0 saturated carbocycles. The highest BCUT2D eigenvalue weighted by Gasteiger charge is 2.38. The molecule has 2 amide bonds. The van der Waals surface area contributed by atoms with Crippen LogP contribution in [0, 0.1) is 17.8 Å². The van der Waals surface area contributed by atoms with Crippen LogP contribution in [0.2, 0.25) is 0 Å². The van der Waals surface area contributed by atoms with Crippen LogP contribution in [-0.2, 0) is 10.0 Å². The number of benzene rings is 3. The van der Waals surface area contributed by atoms with Crippen LogP contribution in [0.5, 0.6) is 17.2 Å². The van der Waals surface area contributed by atoms with Crippen molar-refractivity contribution in [2.45, 2.75) is 30.9 Å². The van der Waals surface area contributed by atoms with Gasteiger partial charge in [-0.15, -0.1) is 0 Å². The molecule has 42 heavy (non-hydrogen) atoms. The standard InChI is InChI=1S/C31H33N3O7S/c1-21-17-34(22(2)19-35)42(37,38)30-14-11-24(10-9-23-7-5-4-6-8-23)15-28(30)41-29(21)18-33(3)31(36)32-25-12-13-26-27(16-25)40-20-39-26/h4-8,11-16,21-22,29,35H,17-20H2,1-3H3,(H,32,36)/t21-,22-,29-/m1/s1. The zero-order valence-corrected chi connectivity index (χ0v) is 24.4. The monoisotopic (exact) mass is 591 g/mol. The van der Waals surface area contributed by atoms with E-state index in [1.54, 1.807) is 44.3 Å². The molecule has 0 aliphatic carbocycles. The zero-order valence-electron chi connectivity index (χ0n) is 23.6. The van der Waals surface area contributed by atoms with Crippen LogP contribution in [0.1, 0.15) is 25.0 Å². The normalized spacial score (nSPS) is 19.6. The summed E-state index contributed by atoms with van der Waals surface area (Å²) in [6.45, 7) is 3.58. The molecule has 0 bridgehead atoms. The summed E-state index contributed by atoms with van der Waals surface area (Å²) in [5.41, 5.74) is 1.95. The summed E-state index contributed by atoms with van der Waals surface area (Å²) in [4.78, 5) is 14.6. The second kappa shape index (κ2) is 12.3. The number of anilines is 1. The Balaban J connectivity index is 1.42. The van der Waals surface area contributed by atoms with Crippen molar-refractivity contribution in [1.29, 1.82) is 0 Å². The van der Waals surface area contributed by atoms with Gasteiger partial charge in [0.2, 0.25) is 16.8 Å². The predicted octanol–water partition coefficient (Wildman–Crippen LogP) is 3.75. The molecule has 2 aliphatic rings. The Labute approximate surface area is 245 Å². The first-order valence-electron chi connectivity index (χ1n) is 13.6. The van der Waals surface area contributed by atoms with Gasteiger partial charge in [-0.05, 0) is 49.4 Å². The second-order valence-corrected chi connectivity index (χ2v) is 12.3. The van der Waals surface area contributed by atoms with Crippen molar-refractivity contribution in [3.8, 4) is 29.1 Å². The maximum atomic E-state index is 13.7. The number of hydrogen-bond donors (Lipinski definition) is 2. The van der Waals surface area contributed by atoms with Gasteiger partial charge in [0.05, 0.1) is 13.2 Å². The Bertz CT molecular complexity index is 1620. The molecule has 0 spiro atoms. The van der Waals surface area contributed by atoms with Crippen molar-refractivity contribution < 1.29 is 32.5 Å². The minimum absolute atomic E-state index is 0.0163. The van der Waals surface area contributed by atoms with Gasteiger partial charge < -0.3 is 29.5 Å². The van der Waals surface area contributed by atoms with E-state index in [1.807, 2.05) is 37.3 Å². The van der Waals surface area contributed by atoms with E-state index in [1.165, 1.54) is 15.3 Å². The van der Waals surface area contributed by atoms with E-state index >= 15 is 0 Å². The highest BCUT2D eigenvalue weighted by atomic mass is 32.2. The number of rotatable bonds is 5. The van der Waals surface area contributed by atoms with E-state index in [-0.39, 0.29) is 49.1 Å². The van der Waals surface area contributed by atoms with Gasteiger partial charge in [-0.25, -0.2) is 13.2 Å². The van der Waals surface area contributed by atoms with Gasteiger partial charge in [0.25, 0.3) is 0 Å². The molecule has 3 aromatic rings. The number of carbonyl (C=O) groups is 1. The van der Waals surface area contributed by atoms with Gasteiger partial charge in [0.15, 0.2) is 11.5 Å². The first-order chi connectivity index (χ1) is 20.2. The predicted molar refractivity (Wildman–Crippen MR) is 157 cm³/mol. The number of hydrogen-bond acceptors (Lipinski definition) is 7. The fourth-order valence-electron chi connectivity index (χ4n) is 4.73. The summed E-state index contributed by atoms with van der Waals surface area (Å²) in [5, 5.41) is 12.7. The molecule has 5 rings (SSSR count). The summed E-state index contributed by atoms with van der Waals surface area (Å²) in [6.07, 6.45) is -0.572. The number of sulfonamides is 1. The third-order valence-corrected chi connectivity index (χ3v) is 9.24. The molecule has 10 nitrogen and oxygen atoms in total. The van der Waals surface area contributed by atoms with E-state index in [9.17, 15) is 18.3 Å². The Morgan fingerprint density at radius 1 is 1.05 bits per heavy atom. The quantitative estimate of drug-likeness (QED) is 0.434. The number of aliphatic hydroxyl groups excluding tert-OH is 1. The first kappa shape index (κ1) is 29.3. The molecule has 0 fully saturated rings. The minimum atomic E-state index is -4.00. The number of urea groups is 1. The lowest BCUT2D eigenvalue weighted by atomic mass is 10.0. The van der Waals surface area contributed by atoms with E-state index in [4.69, 9.17) is 14.2 Å². The molecule has 3 atom stereocenters. The molecule has 0 radical (unpaired) electrons. The fraction of sp³-hybridized carbons (Fsp3) is 0.323. The molecule has 0 saturated heterocycles. The van der Waals surface area contributed by atoms with Gasteiger partial charge in [-0.1, -0.05) is 37.0 Å². The molecule has 2 heterocycles. The molecule has 3 aromatic carbocycles. The molecule has 0 aromatic heterocycles. The van der Waals surface area contributed by atoms with E-state index < -0.39 is 22.2 Å². The number of ether oxygens (including phenoxy) is 3. The molecule has 2 aliphatic heterocycles. The van der Waals surface area contributed by atoms with Crippen molar-refractivity contribution in [2.75, 3.05) is 38.9 Å². The van der Waals surface area contributed by atoms with Crippen LogP contribution in [-0.4, -0.2) is 74.4 Å². The Morgan fingerprint density at radius 3 is 2.55 bits per heavy atom. The topological polar surface area (TPSA) is 118 Å². The smallest absolute Gasteiger partial charge is 0.321 e. The number of carbonyl (C=O) groups excluding carboxylic acids is 1. The van der Waals surface area contributed by atoms with E-state index in [2.05, 4.69) is 17.2 Å². The highest BCUT2D eigenvalue weighted by molar-refractivity contribution is 7.89. The summed E-state index contributed by atoms with van der Waals surface area (Å²) in [5.74, 6) is 7.14. The van der Waals surface area contributed by atoms with Gasteiger partial charge in [0.1, 0.15) is 16.7 Å². The Morgan fingerprint density at radius 2 is 1.79 bits per heavy atom. The van der Waals surface area contributed by atoms with Crippen molar-refractivity contribution in [3.05, 3.63) is 77.9 Å². The molecule has 11 heteroatoms. The number of likely N-dealkylation sites (N-methyl/N-ethyl adjacent to an activating group) is 1. The SMILES string of the molecule is C[C@@H]1CN([C@H](C)CO)S(=O)(=O)c2ccc(C#Cc3ccccc3)cc2O[C@@H]1CN(C)C(=O)Nc1ccc2c(c1)OCO2. The molecular weight excluding hydrogens is 558 g/mol. The van der Waals surface area contributed by atoms with Crippen LogP contribution in [0.4, 0.5) is 10.5 Å². The van der Waals surface area contributed by atoms with E-state index in [0.717, 1.165) is 5.56 Å². The number of aliphatic hydroxyl groups is 1. The third kappa shape index (κ3) is 6.31. The number of fused-ring (bicyclic) bond motifs is 2. The maximum Gasteiger partial charge on any atom is 0.321 e. The summed E-state index contributed by atoms with van der Waals surface area (Å²) < 4.78 is 45.9. The zero-order chi connectivity index (χ0) is 29.9. The average Bonchev–Trinajstić information content (AvgIpc) is 3.46. The highest BCUT2D eigenvalue weighted by Crippen LogP contribution is 2.35. The first-order valence-corrected chi connectivity index (χ1v) is 15.0. The lowest BCUT2D eigenvalue weighted by molar-refractivity contribution is 0.0830. The molecular formula is C31H33N3O7S. The van der Waals surface area contributed by atoms with Crippen molar-refractivity contribution in [2.24, 2.45) is 5.92 Å². The maximum absolute atomic E-state index is 13.7. The Kier molecular flexibility index (Phi) is 8.59. The van der Waals surface area contributed by atoms with Crippen molar-refractivity contribution in [3.63, 3.8) is 0 Å². The van der Waals surface area contributed by atoms with Crippen molar-refractivity contribution >= 4 is 21.7 Å². The number of nitrogens with one attached hydrogen (secondary N) is 1. The third-order valence-electron chi connectivity index (χ3n) is 7.22. The fourth-order valence-corrected chi connectivity index (χ4v) is 6.56. The van der Waals surface area contributed by atoms with Crippen LogP contribution >= 0.6 is 0 Å². The van der Waals surface area contributed by atoms with Crippen LogP contribution in [0.3, 0.4) is 0 Å². The van der Waals surface area contributed by atoms with E-state index in [0.29, 0.717) is 22.7 Å². The number of nitrogens with zero attached hydrogens (tertiary/aromatic N) is 2. The van der Waals surface area contributed by atoms with Gasteiger partial charge in [-0.2, -0.15) is 4.31 Å². The Hall–Kier alpha value is -4.24. The van der Waals surface area contributed by atoms with Gasteiger partial charge in [-0.3, -0.25) is 0 Å². The second-order valence-electron chi connectivity index (χ2n) is 10.4. The largest absolute Gasteiger partial charge is 0.487 e. The average molecular weight is 592 g/mol. The molecule has 220 valence electrons. The van der Waals surface area contributed by atoms with Crippen LogP contribution < -0.4 is 19.5 Å². The number of amides is 2. The van der Waals surface area contributed by atoms with Gasteiger partial charge in [0, 0.05) is 48.4 Å². The lowest BCUT2D eigenvalue weighted by Gasteiger charge is -2.37. The molecule has 0 unspecified atom stereocenters.